The first-order chi connectivity index (χ1) is 11.1. The number of allylic oxidation sites excluding steroid dienone is 4. The standard InChI is InChI=1S/C23H26/c1-18(20-11-6-4-7-12-20)22-15-10-16-23(3,17-22)19(2)21-13-8-5-9-14-21/h4-16,18-19H,17H2,1-3H3. The van der Waals surface area contributed by atoms with Crippen LogP contribution in [0.5, 0.6) is 0 Å². The van der Waals surface area contributed by atoms with Crippen LogP contribution in [0.4, 0.5) is 0 Å². The molecule has 0 fully saturated rings. The lowest BCUT2D eigenvalue weighted by molar-refractivity contribution is 0.340. The van der Waals surface area contributed by atoms with E-state index in [1.54, 1.807) is 0 Å². The molecule has 0 heterocycles. The molecule has 1 aliphatic carbocycles. The van der Waals surface area contributed by atoms with Crippen LogP contribution in [0.2, 0.25) is 0 Å². The monoisotopic (exact) mass is 302 g/mol. The molecule has 0 spiro atoms. The highest BCUT2D eigenvalue weighted by Crippen LogP contribution is 2.46. The Morgan fingerprint density at radius 3 is 2.00 bits per heavy atom. The summed E-state index contributed by atoms with van der Waals surface area (Å²) in [5, 5.41) is 0. The van der Waals surface area contributed by atoms with Crippen LogP contribution < -0.4 is 0 Å². The first kappa shape index (κ1) is 15.8. The minimum absolute atomic E-state index is 0.175. The van der Waals surface area contributed by atoms with Crippen molar-refractivity contribution in [3.8, 4) is 0 Å². The van der Waals surface area contributed by atoms with E-state index in [-0.39, 0.29) is 5.41 Å². The minimum atomic E-state index is 0.175. The highest BCUT2D eigenvalue weighted by molar-refractivity contribution is 5.36. The molecule has 0 saturated carbocycles. The van der Waals surface area contributed by atoms with Gasteiger partial charge in [0.2, 0.25) is 0 Å². The molecule has 0 amide bonds. The van der Waals surface area contributed by atoms with Crippen LogP contribution in [-0.4, -0.2) is 0 Å². The van der Waals surface area contributed by atoms with Crippen molar-refractivity contribution in [3.05, 3.63) is 95.6 Å². The zero-order chi connectivity index (χ0) is 16.3. The van der Waals surface area contributed by atoms with E-state index in [2.05, 4.69) is 99.7 Å². The third-order valence-electron chi connectivity index (χ3n) is 5.52. The first-order valence-electron chi connectivity index (χ1n) is 8.58. The van der Waals surface area contributed by atoms with Gasteiger partial charge in [0, 0.05) is 5.92 Å². The van der Waals surface area contributed by atoms with Crippen molar-refractivity contribution in [1.82, 2.24) is 0 Å². The minimum Gasteiger partial charge on any atom is -0.0777 e. The second kappa shape index (κ2) is 6.58. The van der Waals surface area contributed by atoms with Gasteiger partial charge in [-0.2, -0.15) is 0 Å². The van der Waals surface area contributed by atoms with E-state index in [4.69, 9.17) is 0 Å². The fourth-order valence-corrected chi connectivity index (χ4v) is 3.62. The predicted octanol–water partition coefficient (Wildman–Crippen LogP) is 6.49. The van der Waals surface area contributed by atoms with Gasteiger partial charge in [-0.25, -0.2) is 0 Å². The highest BCUT2D eigenvalue weighted by Gasteiger charge is 2.33. The Labute approximate surface area is 140 Å². The lowest BCUT2D eigenvalue weighted by atomic mass is 9.67. The van der Waals surface area contributed by atoms with E-state index >= 15 is 0 Å². The summed E-state index contributed by atoms with van der Waals surface area (Å²) in [6, 6.07) is 21.7. The van der Waals surface area contributed by atoms with Crippen molar-refractivity contribution in [2.75, 3.05) is 0 Å². The van der Waals surface area contributed by atoms with E-state index in [0.29, 0.717) is 11.8 Å². The van der Waals surface area contributed by atoms with Gasteiger partial charge in [0.1, 0.15) is 0 Å². The number of hydrogen-bond acceptors (Lipinski definition) is 0. The topological polar surface area (TPSA) is 0 Å². The molecule has 0 heteroatoms. The molecule has 0 nitrogen and oxygen atoms in total. The maximum absolute atomic E-state index is 2.39. The molecule has 2 aromatic rings. The van der Waals surface area contributed by atoms with Crippen molar-refractivity contribution >= 4 is 0 Å². The Balaban J connectivity index is 1.83. The van der Waals surface area contributed by atoms with Crippen molar-refractivity contribution in [1.29, 1.82) is 0 Å². The Bertz CT molecular complexity index is 693. The first-order valence-corrected chi connectivity index (χ1v) is 8.58. The molecular weight excluding hydrogens is 276 g/mol. The van der Waals surface area contributed by atoms with E-state index in [9.17, 15) is 0 Å². The number of benzene rings is 2. The SMILES string of the molecule is CC(C1=CC=CC(C)(C(C)c2ccccc2)C1)c1ccccc1. The largest absolute Gasteiger partial charge is 0.0777 e. The summed E-state index contributed by atoms with van der Waals surface area (Å²) in [6.07, 6.45) is 8.09. The summed E-state index contributed by atoms with van der Waals surface area (Å²) < 4.78 is 0. The molecular formula is C23H26. The molecule has 23 heavy (non-hydrogen) atoms. The quantitative estimate of drug-likeness (QED) is 0.605. The molecule has 1 aliphatic rings. The van der Waals surface area contributed by atoms with Crippen LogP contribution in [-0.2, 0) is 0 Å². The van der Waals surface area contributed by atoms with Gasteiger partial charge in [-0.3, -0.25) is 0 Å². The summed E-state index contributed by atoms with van der Waals surface area (Å²) in [7, 11) is 0. The molecule has 0 radical (unpaired) electrons. The van der Waals surface area contributed by atoms with Crippen molar-refractivity contribution in [2.45, 2.75) is 39.0 Å². The number of hydrogen-bond donors (Lipinski definition) is 0. The highest BCUT2D eigenvalue weighted by atomic mass is 14.4. The van der Waals surface area contributed by atoms with Gasteiger partial charge in [0.05, 0.1) is 0 Å². The summed E-state index contributed by atoms with van der Waals surface area (Å²) in [5.41, 5.74) is 4.54. The molecule has 0 saturated heterocycles. The van der Waals surface area contributed by atoms with Gasteiger partial charge in [-0.05, 0) is 28.9 Å². The van der Waals surface area contributed by atoms with Crippen LogP contribution in [0.3, 0.4) is 0 Å². The van der Waals surface area contributed by atoms with Gasteiger partial charge in [0.25, 0.3) is 0 Å². The molecule has 0 aromatic heterocycles. The van der Waals surface area contributed by atoms with Crippen molar-refractivity contribution in [2.24, 2.45) is 5.41 Å². The summed E-state index contributed by atoms with van der Waals surface area (Å²) in [6.45, 7) is 7.08. The maximum Gasteiger partial charge on any atom is 0.00232 e. The lowest BCUT2D eigenvalue weighted by Gasteiger charge is -2.37. The molecule has 0 aliphatic heterocycles. The van der Waals surface area contributed by atoms with Crippen LogP contribution in [0.1, 0.15) is 50.2 Å². The van der Waals surface area contributed by atoms with E-state index in [1.807, 2.05) is 0 Å². The smallest absolute Gasteiger partial charge is 0.00232 e. The lowest BCUT2D eigenvalue weighted by Crippen LogP contribution is -2.25. The van der Waals surface area contributed by atoms with Crippen LogP contribution in [0.25, 0.3) is 0 Å². The van der Waals surface area contributed by atoms with Crippen LogP contribution in [0, 0.1) is 5.41 Å². The third-order valence-corrected chi connectivity index (χ3v) is 5.52. The molecule has 3 unspecified atom stereocenters. The molecule has 0 bridgehead atoms. The van der Waals surface area contributed by atoms with Gasteiger partial charge in [-0.1, -0.05) is 105 Å². The second-order valence-corrected chi connectivity index (χ2v) is 7.05. The zero-order valence-corrected chi connectivity index (χ0v) is 14.4. The maximum atomic E-state index is 2.39. The van der Waals surface area contributed by atoms with Gasteiger partial charge >= 0.3 is 0 Å². The molecule has 3 atom stereocenters. The third kappa shape index (κ3) is 3.32. The van der Waals surface area contributed by atoms with Gasteiger partial charge in [-0.15, -0.1) is 0 Å². The second-order valence-electron chi connectivity index (χ2n) is 7.05. The Hall–Kier alpha value is -2.08. The van der Waals surface area contributed by atoms with Crippen LogP contribution in [0.15, 0.2) is 84.5 Å². The zero-order valence-electron chi connectivity index (χ0n) is 14.4. The van der Waals surface area contributed by atoms with Crippen molar-refractivity contribution < 1.29 is 0 Å². The van der Waals surface area contributed by atoms with Crippen LogP contribution >= 0.6 is 0 Å². The fraction of sp³-hybridized carbons (Fsp3) is 0.304. The molecule has 118 valence electrons. The fourth-order valence-electron chi connectivity index (χ4n) is 3.62. The average molecular weight is 302 g/mol. The Morgan fingerprint density at radius 1 is 0.826 bits per heavy atom. The van der Waals surface area contributed by atoms with E-state index < -0.39 is 0 Å². The normalized spacial score (nSPS) is 23.2. The summed E-state index contributed by atoms with van der Waals surface area (Å²) in [4.78, 5) is 0. The molecule has 0 N–H and O–H groups in total. The Kier molecular flexibility index (Phi) is 4.52. The molecule has 2 aromatic carbocycles. The van der Waals surface area contributed by atoms with E-state index in [1.165, 1.54) is 16.7 Å². The average Bonchev–Trinajstić information content (AvgIpc) is 2.62. The van der Waals surface area contributed by atoms with Gasteiger partial charge < -0.3 is 0 Å². The summed E-state index contributed by atoms with van der Waals surface area (Å²) >= 11 is 0. The van der Waals surface area contributed by atoms with E-state index in [0.717, 1.165) is 6.42 Å². The van der Waals surface area contributed by atoms with Gasteiger partial charge in [0.15, 0.2) is 0 Å². The molecule has 3 rings (SSSR count). The number of rotatable bonds is 4. The summed E-state index contributed by atoms with van der Waals surface area (Å²) in [5.74, 6) is 0.982. The Morgan fingerprint density at radius 2 is 1.39 bits per heavy atom. The predicted molar refractivity (Wildman–Crippen MR) is 99.7 cm³/mol. The van der Waals surface area contributed by atoms with Crippen molar-refractivity contribution in [3.63, 3.8) is 0 Å².